The monoisotopic (exact) mass is 528 g/mol. The number of halogens is 3. The van der Waals surface area contributed by atoms with Gasteiger partial charge in [0.05, 0.1) is 17.7 Å². The number of hydrogen-bond acceptors (Lipinski definition) is 3. The predicted octanol–water partition coefficient (Wildman–Crippen LogP) is 8.52. The van der Waals surface area contributed by atoms with E-state index in [2.05, 4.69) is 39.9 Å². The summed E-state index contributed by atoms with van der Waals surface area (Å²) < 4.78 is 6.11. The van der Waals surface area contributed by atoms with Gasteiger partial charge in [0.25, 0.3) is 0 Å². The second-order valence-electron chi connectivity index (χ2n) is 10.3. The SMILES string of the molecule is CCOc1cc(C(C)(C)C)c(Cl)cc1C1=N[C@@](C)(c2ccc(Cl)cc2)[C@@](C)(c2ccc(Cl)cc2)N1. The van der Waals surface area contributed by atoms with Crippen LogP contribution < -0.4 is 10.1 Å². The molecule has 0 spiro atoms. The average Bonchev–Trinajstić information content (AvgIpc) is 3.07. The van der Waals surface area contributed by atoms with Crippen LogP contribution in [0.3, 0.4) is 0 Å². The van der Waals surface area contributed by atoms with E-state index in [0.29, 0.717) is 21.7 Å². The molecule has 3 aromatic rings. The molecule has 0 aliphatic carbocycles. The van der Waals surface area contributed by atoms with Crippen molar-refractivity contribution in [1.29, 1.82) is 0 Å². The minimum Gasteiger partial charge on any atom is -0.493 e. The molecule has 0 amide bonds. The number of aliphatic imine (C=N–C) groups is 1. The first kappa shape index (κ1) is 25.9. The number of ether oxygens (including phenoxy) is 1. The lowest BCUT2D eigenvalue weighted by atomic mass is 9.72. The summed E-state index contributed by atoms with van der Waals surface area (Å²) in [6, 6.07) is 19.8. The molecular weight excluding hydrogens is 499 g/mol. The Morgan fingerprint density at radius 3 is 1.91 bits per heavy atom. The molecule has 184 valence electrons. The fourth-order valence-electron chi connectivity index (χ4n) is 4.70. The Bertz CT molecular complexity index is 1260. The van der Waals surface area contributed by atoms with Gasteiger partial charge in [-0.3, -0.25) is 4.99 Å². The van der Waals surface area contributed by atoms with Gasteiger partial charge in [0.15, 0.2) is 0 Å². The van der Waals surface area contributed by atoms with E-state index in [1.54, 1.807) is 0 Å². The molecule has 0 aromatic heterocycles. The fraction of sp³-hybridized carbons (Fsp3) is 0.345. The van der Waals surface area contributed by atoms with Gasteiger partial charge in [-0.1, -0.05) is 79.8 Å². The fourth-order valence-corrected chi connectivity index (χ4v) is 5.40. The molecule has 0 bridgehead atoms. The van der Waals surface area contributed by atoms with Crippen molar-refractivity contribution in [3.05, 3.63) is 98.0 Å². The minimum absolute atomic E-state index is 0.123. The molecule has 1 N–H and O–H groups in total. The van der Waals surface area contributed by atoms with E-state index >= 15 is 0 Å². The highest BCUT2D eigenvalue weighted by Gasteiger charge is 2.52. The van der Waals surface area contributed by atoms with E-state index < -0.39 is 11.1 Å². The van der Waals surface area contributed by atoms with Gasteiger partial charge in [0.2, 0.25) is 0 Å². The minimum atomic E-state index is -0.653. The van der Waals surface area contributed by atoms with Crippen LogP contribution in [0.5, 0.6) is 5.75 Å². The molecule has 1 aliphatic heterocycles. The van der Waals surface area contributed by atoms with E-state index in [1.807, 2.05) is 67.6 Å². The molecule has 0 radical (unpaired) electrons. The zero-order valence-electron chi connectivity index (χ0n) is 21.0. The summed E-state index contributed by atoms with van der Waals surface area (Å²) in [5.41, 5.74) is 2.61. The highest BCUT2D eigenvalue weighted by molar-refractivity contribution is 6.32. The van der Waals surface area contributed by atoms with Crippen molar-refractivity contribution in [3.8, 4) is 5.75 Å². The lowest BCUT2D eigenvalue weighted by molar-refractivity contribution is 0.268. The van der Waals surface area contributed by atoms with Crippen LogP contribution in [0.15, 0.2) is 65.7 Å². The number of hydrogen-bond donors (Lipinski definition) is 1. The van der Waals surface area contributed by atoms with Crippen LogP contribution in [-0.4, -0.2) is 12.4 Å². The van der Waals surface area contributed by atoms with E-state index in [4.69, 9.17) is 44.5 Å². The lowest BCUT2D eigenvalue weighted by Crippen LogP contribution is -2.50. The van der Waals surface area contributed by atoms with Crippen LogP contribution in [0.1, 0.15) is 63.8 Å². The molecular formula is C29H31Cl3N2O. The Morgan fingerprint density at radius 1 is 0.857 bits per heavy atom. The molecule has 35 heavy (non-hydrogen) atoms. The van der Waals surface area contributed by atoms with E-state index in [-0.39, 0.29) is 5.41 Å². The first-order chi connectivity index (χ1) is 16.4. The Kier molecular flexibility index (Phi) is 6.91. The molecule has 6 heteroatoms. The number of rotatable bonds is 5. The predicted molar refractivity (Wildman–Crippen MR) is 149 cm³/mol. The van der Waals surface area contributed by atoms with Crippen LogP contribution in [0, 0.1) is 0 Å². The molecule has 0 saturated carbocycles. The van der Waals surface area contributed by atoms with Crippen molar-refractivity contribution in [3.63, 3.8) is 0 Å². The van der Waals surface area contributed by atoms with Crippen molar-refractivity contribution in [2.24, 2.45) is 4.99 Å². The molecule has 1 aliphatic rings. The summed E-state index contributed by atoms with van der Waals surface area (Å²) >= 11 is 19.3. The van der Waals surface area contributed by atoms with Crippen LogP contribution in [0.25, 0.3) is 0 Å². The molecule has 2 atom stereocenters. The highest BCUT2D eigenvalue weighted by Crippen LogP contribution is 2.48. The normalized spacial score (nSPS) is 22.0. The summed E-state index contributed by atoms with van der Waals surface area (Å²) in [6.45, 7) is 13.2. The molecule has 3 aromatic carbocycles. The smallest absolute Gasteiger partial charge is 0.133 e. The van der Waals surface area contributed by atoms with Crippen LogP contribution >= 0.6 is 34.8 Å². The second kappa shape index (κ2) is 9.35. The zero-order chi connectivity index (χ0) is 25.6. The van der Waals surface area contributed by atoms with Gasteiger partial charge < -0.3 is 10.1 Å². The zero-order valence-corrected chi connectivity index (χ0v) is 23.2. The molecule has 1 heterocycles. The van der Waals surface area contributed by atoms with Crippen molar-refractivity contribution < 1.29 is 4.74 Å². The van der Waals surface area contributed by atoms with Crippen LogP contribution in [0.4, 0.5) is 0 Å². The number of amidine groups is 1. The van der Waals surface area contributed by atoms with Crippen molar-refractivity contribution in [2.75, 3.05) is 6.61 Å². The third-order valence-corrected chi connectivity index (χ3v) is 7.75. The van der Waals surface area contributed by atoms with Crippen LogP contribution in [0.2, 0.25) is 15.1 Å². The standard InChI is InChI=1S/C29H31Cl3N2O/c1-7-35-25-17-23(27(2,3)4)24(32)16-22(25)26-33-28(5,18-8-12-20(30)13-9-18)29(6,34-26)19-10-14-21(31)15-11-19/h8-17H,7H2,1-6H3,(H,33,34)/t28-,29+. The van der Waals surface area contributed by atoms with E-state index in [9.17, 15) is 0 Å². The first-order valence-corrected chi connectivity index (χ1v) is 12.9. The third kappa shape index (κ3) is 4.67. The molecule has 3 nitrogen and oxygen atoms in total. The maximum absolute atomic E-state index is 6.81. The van der Waals surface area contributed by atoms with Gasteiger partial charge in [0, 0.05) is 15.1 Å². The molecule has 0 fully saturated rings. The van der Waals surface area contributed by atoms with Gasteiger partial charge in [-0.05, 0) is 79.3 Å². The Morgan fingerprint density at radius 2 is 1.40 bits per heavy atom. The van der Waals surface area contributed by atoms with Crippen molar-refractivity contribution in [2.45, 2.75) is 58.0 Å². The highest BCUT2D eigenvalue weighted by atomic mass is 35.5. The summed E-state index contributed by atoms with van der Waals surface area (Å²) in [5.74, 6) is 1.48. The summed E-state index contributed by atoms with van der Waals surface area (Å²) in [4.78, 5) is 5.31. The van der Waals surface area contributed by atoms with Crippen molar-refractivity contribution in [1.82, 2.24) is 5.32 Å². The first-order valence-electron chi connectivity index (χ1n) is 11.8. The van der Waals surface area contributed by atoms with Gasteiger partial charge >= 0.3 is 0 Å². The summed E-state index contributed by atoms with van der Waals surface area (Å²) in [6.07, 6.45) is 0. The Labute approximate surface area is 223 Å². The Balaban J connectivity index is 1.93. The van der Waals surface area contributed by atoms with Gasteiger partial charge in [-0.2, -0.15) is 0 Å². The molecule has 0 unspecified atom stereocenters. The maximum Gasteiger partial charge on any atom is 0.133 e. The van der Waals surface area contributed by atoms with Crippen LogP contribution in [-0.2, 0) is 16.5 Å². The van der Waals surface area contributed by atoms with Gasteiger partial charge in [0.1, 0.15) is 17.1 Å². The second-order valence-corrected chi connectivity index (χ2v) is 11.6. The molecule has 4 rings (SSSR count). The number of nitrogens with zero attached hydrogens (tertiary/aromatic N) is 1. The summed E-state index contributed by atoms with van der Waals surface area (Å²) in [5, 5.41) is 5.80. The largest absolute Gasteiger partial charge is 0.493 e. The lowest BCUT2D eigenvalue weighted by Gasteiger charge is -2.40. The quantitative estimate of drug-likeness (QED) is 0.359. The average molecular weight is 530 g/mol. The van der Waals surface area contributed by atoms with Gasteiger partial charge in [-0.25, -0.2) is 0 Å². The third-order valence-electron chi connectivity index (χ3n) is 6.94. The number of nitrogens with one attached hydrogen (secondary N) is 1. The summed E-state index contributed by atoms with van der Waals surface area (Å²) in [7, 11) is 0. The van der Waals surface area contributed by atoms with E-state index in [1.165, 1.54) is 0 Å². The number of benzene rings is 3. The molecule has 0 saturated heterocycles. The van der Waals surface area contributed by atoms with Gasteiger partial charge in [-0.15, -0.1) is 0 Å². The van der Waals surface area contributed by atoms with E-state index in [0.717, 1.165) is 33.8 Å². The Hall–Kier alpha value is -2.20. The topological polar surface area (TPSA) is 33.6 Å². The van der Waals surface area contributed by atoms with Crippen molar-refractivity contribution >= 4 is 40.6 Å². The maximum atomic E-state index is 6.81.